The summed E-state index contributed by atoms with van der Waals surface area (Å²) in [5, 5.41) is 2.63. The minimum atomic E-state index is -0.408. The fraction of sp³-hybridized carbons (Fsp3) is 0.222. The molecule has 1 aromatic carbocycles. The molecule has 0 unspecified atom stereocenters. The number of amides is 1. The second-order valence-corrected chi connectivity index (χ2v) is 3.17. The Labute approximate surface area is 84.3 Å². The van der Waals surface area contributed by atoms with Crippen molar-refractivity contribution in [2.24, 2.45) is 0 Å². The van der Waals surface area contributed by atoms with Crippen LogP contribution in [-0.4, -0.2) is 11.2 Å². The number of aryl methyl sites for hydroxylation is 1. The molecule has 1 aromatic rings. The molecule has 0 spiro atoms. The molecule has 70 valence electrons. The second-order valence-electron chi connectivity index (χ2n) is 2.61. The van der Waals surface area contributed by atoms with E-state index in [0.717, 1.165) is 0 Å². The van der Waals surface area contributed by atoms with Crippen molar-refractivity contribution in [2.45, 2.75) is 6.92 Å². The van der Waals surface area contributed by atoms with Crippen molar-refractivity contribution in [1.82, 2.24) is 0 Å². The third kappa shape index (κ3) is 2.52. The molecule has 1 rings (SSSR count). The minimum absolute atomic E-state index is 0.167. The predicted octanol–water partition coefficient (Wildman–Crippen LogP) is 2.47. The molecule has 0 aliphatic rings. The molecule has 0 bridgehead atoms. The Kier molecular flexibility index (Phi) is 3.42. The lowest BCUT2D eigenvalue weighted by molar-refractivity contribution is -0.113. The molecule has 0 aliphatic carbocycles. The number of hydrogen-bond donors (Lipinski definition) is 1. The minimum Gasteiger partial charge on any atom is -0.323 e. The van der Waals surface area contributed by atoms with Gasteiger partial charge in [-0.3, -0.25) is 4.79 Å². The summed E-state index contributed by atoms with van der Waals surface area (Å²) < 4.78 is 13.1. The molecular weight excluding hydrogens is 237 g/mol. The quantitative estimate of drug-likeness (QED) is 0.798. The molecular formula is C9H9BrFNO. The maximum Gasteiger partial charge on any atom is 0.235 e. The molecule has 0 saturated heterocycles. The number of hydrogen-bond acceptors (Lipinski definition) is 1. The fourth-order valence-electron chi connectivity index (χ4n) is 0.963. The molecule has 13 heavy (non-hydrogen) atoms. The van der Waals surface area contributed by atoms with Crippen molar-refractivity contribution in [3.63, 3.8) is 0 Å². The number of carbonyl (C=O) groups excluding carboxylic acids is 1. The third-order valence-electron chi connectivity index (χ3n) is 1.61. The highest BCUT2D eigenvalue weighted by Crippen LogP contribution is 2.18. The van der Waals surface area contributed by atoms with Crippen LogP contribution in [-0.2, 0) is 4.79 Å². The van der Waals surface area contributed by atoms with E-state index in [4.69, 9.17) is 0 Å². The Bertz CT molecular complexity index is 307. The Morgan fingerprint density at radius 3 is 2.85 bits per heavy atom. The van der Waals surface area contributed by atoms with Gasteiger partial charge in [-0.15, -0.1) is 0 Å². The van der Waals surface area contributed by atoms with E-state index in [9.17, 15) is 9.18 Å². The molecule has 0 aromatic heterocycles. The van der Waals surface area contributed by atoms with Gasteiger partial charge in [-0.05, 0) is 18.6 Å². The van der Waals surface area contributed by atoms with Crippen LogP contribution in [0.4, 0.5) is 10.1 Å². The molecule has 0 radical (unpaired) electrons. The maximum atomic E-state index is 13.1. The van der Waals surface area contributed by atoms with E-state index >= 15 is 0 Å². The molecule has 1 amide bonds. The number of para-hydroxylation sites is 1. The smallest absolute Gasteiger partial charge is 0.235 e. The molecule has 0 aliphatic heterocycles. The van der Waals surface area contributed by atoms with E-state index in [-0.39, 0.29) is 16.9 Å². The number of carbonyl (C=O) groups is 1. The van der Waals surface area contributed by atoms with E-state index in [2.05, 4.69) is 21.2 Å². The molecule has 1 N–H and O–H groups in total. The van der Waals surface area contributed by atoms with Gasteiger partial charge < -0.3 is 5.32 Å². The zero-order valence-electron chi connectivity index (χ0n) is 7.10. The highest BCUT2D eigenvalue weighted by molar-refractivity contribution is 9.09. The summed E-state index contributed by atoms with van der Waals surface area (Å²) >= 11 is 2.99. The Morgan fingerprint density at radius 2 is 2.31 bits per heavy atom. The fourth-order valence-corrected chi connectivity index (χ4v) is 1.10. The first-order valence-electron chi connectivity index (χ1n) is 3.76. The van der Waals surface area contributed by atoms with E-state index in [1.54, 1.807) is 19.1 Å². The molecule has 0 heterocycles. The summed E-state index contributed by atoms with van der Waals surface area (Å²) in [6.45, 7) is 1.74. The zero-order chi connectivity index (χ0) is 9.84. The molecule has 0 saturated carbocycles. The van der Waals surface area contributed by atoms with Crippen LogP contribution >= 0.6 is 15.9 Å². The summed E-state index contributed by atoms with van der Waals surface area (Å²) in [7, 11) is 0. The lowest BCUT2D eigenvalue weighted by Crippen LogP contribution is -2.14. The van der Waals surface area contributed by atoms with Crippen molar-refractivity contribution in [3.8, 4) is 0 Å². The van der Waals surface area contributed by atoms with E-state index in [1.807, 2.05) is 0 Å². The average molecular weight is 246 g/mol. The summed E-state index contributed by atoms with van der Waals surface area (Å²) in [6.07, 6.45) is 0. The zero-order valence-corrected chi connectivity index (χ0v) is 8.69. The molecule has 0 fully saturated rings. The van der Waals surface area contributed by atoms with Gasteiger partial charge in [-0.1, -0.05) is 28.1 Å². The van der Waals surface area contributed by atoms with Gasteiger partial charge in [0.2, 0.25) is 5.91 Å². The number of benzene rings is 1. The third-order valence-corrected chi connectivity index (χ3v) is 2.12. The maximum absolute atomic E-state index is 13.1. The SMILES string of the molecule is Cc1cccc(F)c1NC(=O)CBr. The monoisotopic (exact) mass is 245 g/mol. The molecule has 4 heteroatoms. The first kappa shape index (κ1) is 10.2. The lowest BCUT2D eigenvalue weighted by atomic mass is 10.2. The van der Waals surface area contributed by atoms with Crippen LogP contribution in [0.15, 0.2) is 18.2 Å². The van der Waals surface area contributed by atoms with Crippen molar-refractivity contribution in [2.75, 3.05) is 10.6 Å². The number of rotatable bonds is 2. The van der Waals surface area contributed by atoms with Gasteiger partial charge in [0.25, 0.3) is 0 Å². The number of nitrogens with one attached hydrogen (secondary N) is 1. The normalized spacial score (nSPS) is 9.77. The number of anilines is 1. The van der Waals surface area contributed by atoms with E-state index < -0.39 is 5.82 Å². The van der Waals surface area contributed by atoms with Crippen LogP contribution in [0.1, 0.15) is 5.56 Å². The predicted molar refractivity (Wildman–Crippen MR) is 53.6 cm³/mol. The second kappa shape index (κ2) is 4.37. The van der Waals surface area contributed by atoms with Gasteiger partial charge in [0.15, 0.2) is 0 Å². The Hall–Kier alpha value is -0.900. The van der Waals surface area contributed by atoms with Crippen LogP contribution < -0.4 is 5.32 Å². The summed E-state index contributed by atoms with van der Waals surface area (Å²) in [4.78, 5) is 11.0. The van der Waals surface area contributed by atoms with Gasteiger partial charge in [-0.25, -0.2) is 4.39 Å². The largest absolute Gasteiger partial charge is 0.323 e. The van der Waals surface area contributed by atoms with Crippen LogP contribution in [0.25, 0.3) is 0 Å². The molecule has 2 nitrogen and oxygen atoms in total. The molecule has 0 atom stereocenters. The van der Waals surface area contributed by atoms with Gasteiger partial charge in [0.1, 0.15) is 5.82 Å². The highest BCUT2D eigenvalue weighted by Gasteiger charge is 2.07. The van der Waals surface area contributed by atoms with Gasteiger partial charge in [0, 0.05) is 0 Å². The Balaban J connectivity index is 2.93. The number of alkyl halides is 1. The van der Waals surface area contributed by atoms with Gasteiger partial charge in [-0.2, -0.15) is 0 Å². The number of halogens is 2. The van der Waals surface area contributed by atoms with Crippen LogP contribution in [0, 0.1) is 12.7 Å². The van der Waals surface area contributed by atoms with E-state index in [1.165, 1.54) is 6.07 Å². The van der Waals surface area contributed by atoms with Crippen molar-refractivity contribution >= 4 is 27.5 Å². The van der Waals surface area contributed by atoms with Crippen molar-refractivity contribution in [1.29, 1.82) is 0 Å². The van der Waals surface area contributed by atoms with Crippen molar-refractivity contribution in [3.05, 3.63) is 29.6 Å². The van der Waals surface area contributed by atoms with Crippen LogP contribution in [0.5, 0.6) is 0 Å². The van der Waals surface area contributed by atoms with Crippen LogP contribution in [0.2, 0.25) is 0 Å². The first-order chi connectivity index (χ1) is 6.15. The topological polar surface area (TPSA) is 29.1 Å². The first-order valence-corrected chi connectivity index (χ1v) is 4.88. The average Bonchev–Trinajstić information content (AvgIpc) is 2.11. The highest BCUT2D eigenvalue weighted by atomic mass is 79.9. The Morgan fingerprint density at radius 1 is 1.62 bits per heavy atom. The lowest BCUT2D eigenvalue weighted by Gasteiger charge is -2.07. The van der Waals surface area contributed by atoms with Crippen molar-refractivity contribution < 1.29 is 9.18 Å². The van der Waals surface area contributed by atoms with Gasteiger partial charge in [0.05, 0.1) is 11.0 Å². The summed E-state index contributed by atoms with van der Waals surface area (Å²) in [5.74, 6) is -0.664. The summed E-state index contributed by atoms with van der Waals surface area (Å²) in [5.41, 5.74) is 0.973. The van der Waals surface area contributed by atoms with Gasteiger partial charge >= 0.3 is 0 Å². The van der Waals surface area contributed by atoms with E-state index in [0.29, 0.717) is 5.56 Å². The standard InChI is InChI=1S/C9H9BrFNO/c1-6-3-2-4-7(11)9(6)12-8(13)5-10/h2-4H,5H2,1H3,(H,12,13). The summed E-state index contributed by atoms with van der Waals surface area (Å²) in [6, 6.07) is 4.66. The van der Waals surface area contributed by atoms with Crippen LogP contribution in [0.3, 0.4) is 0 Å².